The zero-order valence-electron chi connectivity index (χ0n) is 8.83. The van der Waals surface area contributed by atoms with E-state index in [4.69, 9.17) is 4.74 Å². The maximum Gasteiger partial charge on any atom is 0.323 e. The second-order valence-electron chi connectivity index (χ2n) is 3.06. The summed E-state index contributed by atoms with van der Waals surface area (Å²) in [7, 11) is 1.55. The number of rotatable bonds is 3. The molecule has 80 valence electrons. The average Bonchev–Trinajstić information content (AvgIpc) is 2.17. The Labute approximate surface area is 88.9 Å². The maximum atomic E-state index is 11.4. The van der Waals surface area contributed by atoms with Gasteiger partial charge < -0.3 is 15.4 Å². The lowest BCUT2D eigenvalue weighted by Gasteiger charge is -2.10. The van der Waals surface area contributed by atoms with Gasteiger partial charge in [0.1, 0.15) is 5.75 Å². The average molecular weight is 206 g/mol. The standard InChI is InChI=1S/C11H14N2O2/c1-8(2)12-11(14)13-9-6-4-5-7-10(9)15-3/h4-7H,1H2,2-3H3,(H2,12,13,14). The molecule has 0 saturated carbocycles. The minimum atomic E-state index is -0.327. The minimum absolute atomic E-state index is 0.327. The topological polar surface area (TPSA) is 50.4 Å². The highest BCUT2D eigenvalue weighted by Crippen LogP contribution is 2.22. The third kappa shape index (κ3) is 3.34. The van der Waals surface area contributed by atoms with Crippen molar-refractivity contribution in [2.45, 2.75) is 6.92 Å². The number of carbonyl (C=O) groups excluding carboxylic acids is 1. The van der Waals surface area contributed by atoms with E-state index in [-0.39, 0.29) is 6.03 Å². The summed E-state index contributed by atoms with van der Waals surface area (Å²) >= 11 is 0. The van der Waals surface area contributed by atoms with Crippen molar-refractivity contribution in [1.29, 1.82) is 0 Å². The van der Waals surface area contributed by atoms with Gasteiger partial charge in [0.25, 0.3) is 0 Å². The highest BCUT2D eigenvalue weighted by atomic mass is 16.5. The third-order valence-corrected chi connectivity index (χ3v) is 1.68. The second-order valence-corrected chi connectivity index (χ2v) is 3.06. The van der Waals surface area contributed by atoms with Crippen molar-refractivity contribution in [2.75, 3.05) is 12.4 Å². The molecule has 1 aromatic rings. The van der Waals surface area contributed by atoms with E-state index in [9.17, 15) is 4.79 Å². The molecule has 1 rings (SSSR count). The predicted octanol–water partition coefficient (Wildman–Crippen LogP) is 2.35. The molecule has 4 nitrogen and oxygen atoms in total. The molecule has 1 aromatic carbocycles. The monoisotopic (exact) mass is 206 g/mol. The number of hydrogen-bond donors (Lipinski definition) is 2. The van der Waals surface area contributed by atoms with E-state index in [2.05, 4.69) is 17.2 Å². The van der Waals surface area contributed by atoms with Gasteiger partial charge in [-0.15, -0.1) is 0 Å². The lowest BCUT2D eigenvalue weighted by Crippen LogP contribution is -2.26. The van der Waals surface area contributed by atoms with Crippen LogP contribution in [0.3, 0.4) is 0 Å². The van der Waals surface area contributed by atoms with Crippen LogP contribution in [0.4, 0.5) is 10.5 Å². The van der Waals surface area contributed by atoms with Crippen molar-refractivity contribution in [2.24, 2.45) is 0 Å². The molecule has 0 aliphatic rings. The SMILES string of the molecule is C=C(C)NC(=O)Nc1ccccc1OC. The van der Waals surface area contributed by atoms with E-state index < -0.39 is 0 Å². The van der Waals surface area contributed by atoms with Gasteiger partial charge in [-0.3, -0.25) is 0 Å². The van der Waals surface area contributed by atoms with Crippen LogP contribution in [0.25, 0.3) is 0 Å². The zero-order chi connectivity index (χ0) is 11.3. The van der Waals surface area contributed by atoms with E-state index in [1.165, 1.54) is 0 Å². The van der Waals surface area contributed by atoms with Gasteiger partial charge in [-0.2, -0.15) is 0 Å². The van der Waals surface area contributed by atoms with Crippen LogP contribution in [0, 0.1) is 0 Å². The van der Waals surface area contributed by atoms with E-state index in [0.29, 0.717) is 17.1 Å². The van der Waals surface area contributed by atoms with Gasteiger partial charge >= 0.3 is 6.03 Å². The molecular weight excluding hydrogens is 192 g/mol. The van der Waals surface area contributed by atoms with Crippen LogP contribution < -0.4 is 15.4 Å². The van der Waals surface area contributed by atoms with Gasteiger partial charge in [0.2, 0.25) is 0 Å². The van der Waals surface area contributed by atoms with Crippen molar-refractivity contribution in [3.63, 3.8) is 0 Å². The Bertz CT molecular complexity index is 375. The van der Waals surface area contributed by atoms with Crippen molar-refractivity contribution in [3.05, 3.63) is 36.5 Å². The molecule has 0 bridgehead atoms. The molecule has 0 aromatic heterocycles. The Balaban J connectivity index is 2.71. The largest absolute Gasteiger partial charge is 0.495 e. The summed E-state index contributed by atoms with van der Waals surface area (Å²) in [4.78, 5) is 11.4. The highest BCUT2D eigenvalue weighted by molar-refractivity contribution is 5.91. The first kappa shape index (κ1) is 11.1. The fourth-order valence-electron chi connectivity index (χ4n) is 1.10. The number of urea groups is 1. The number of carbonyl (C=O) groups is 1. The summed E-state index contributed by atoms with van der Waals surface area (Å²) < 4.78 is 5.09. The molecule has 0 spiro atoms. The van der Waals surface area contributed by atoms with Gasteiger partial charge in [-0.1, -0.05) is 18.7 Å². The first-order valence-corrected chi connectivity index (χ1v) is 4.50. The summed E-state index contributed by atoms with van der Waals surface area (Å²) in [6.07, 6.45) is 0. The number of allylic oxidation sites excluding steroid dienone is 1. The number of amides is 2. The third-order valence-electron chi connectivity index (χ3n) is 1.68. The van der Waals surface area contributed by atoms with E-state index >= 15 is 0 Å². The van der Waals surface area contributed by atoms with Gasteiger partial charge in [-0.25, -0.2) is 4.79 Å². The first-order chi connectivity index (χ1) is 7.13. The molecule has 2 amide bonds. The van der Waals surface area contributed by atoms with E-state index in [1.807, 2.05) is 12.1 Å². The van der Waals surface area contributed by atoms with Crippen LogP contribution in [0.2, 0.25) is 0 Å². The van der Waals surface area contributed by atoms with Gasteiger partial charge in [0.05, 0.1) is 12.8 Å². The van der Waals surface area contributed by atoms with Crippen molar-refractivity contribution in [1.82, 2.24) is 5.32 Å². The van der Waals surface area contributed by atoms with Crippen molar-refractivity contribution in [3.8, 4) is 5.75 Å². The molecule has 0 atom stereocenters. The number of ether oxygens (including phenoxy) is 1. The molecule has 0 saturated heterocycles. The molecule has 0 fully saturated rings. The summed E-state index contributed by atoms with van der Waals surface area (Å²) in [5.74, 6) is 0.620. The number of anilines is 1. The lowest BCUT2D eigenvalue weighted by atomic mass is 10.3. The van der Waals surface area contributed by atoms with Gasteiger partial charge in [0.15, 0.2) is 0 Å². The Morgan fingerprint density at radius 1 is 1.40 bits per heavy atom. The first-order valence-electron chi connectivity index (χ1n) is 4.50. The van der Waals surface area contributed by atoms with Gasteiger partial charge in [0, 0.05) is 5.70 Å². The molecule has 0 heterocycles. The number of hydrogen-bond acceptors (Lipinski definition) is 2. The molecule has 4 heteroatoms. The lowest BCUT2D eigenvalue weighted by molar-refractivity contribution is 0.254. The Morgan fingerprint density at radius 3 is 2.67 bits per heavy atom. The fourth-order valence-corrected chi connectivity index (χ4v) is 1.10. The molecule has 0 radical (unpaired) electrons. The van der Waals surface area contributed by atoms with E-state index in [0.717, 1.165) is 0 Å². The predicted molar refractivity (Wildman–Crippen MR) is 60.0 cm³/mol. The van der Waals surface area contributed by atoms with Crippen LogP contribution in [0.1, 0.15) is 6.92 Å². The highest BCUT2D eigenvalue weighted by Gasteiger charge is 2.05. The van der Waals surface area contributed by atoms with Crippen LogP contribution in [0.5, 0.6) is 5.75 Å². The zero-order valence-corrected chi connectivity index (χ0v) is 8.83. The van der Waals surface area contributed by atoms with Crippen LogP contribution >= 0.6 is 0 Å². The van der Waals surface area contributed by atoms with Crippen molar-refractivity contribution < 1.29 is 9.53 Å². The molecular formula is C11H14N2O2. The quantitative estimate of drug-likeness (QED) is 0.797. The minimum Gasteiger partial charge on any atom is -0.495 e. The molecule has 0 aliphatic heterocycles. The maximum absolute atomic E-state index is 11.4. The Morgan fingerprint density at radius 2 is 2.07 bits per heavy atom. The number of nitrogens with one attached hydrogen (secondary N) is 2. The fraction of sp³-hybridized carbons (Fsp3) is 0.182. The number of benzene rings is 1. The van der Waals surface area contributed by atoms with E-state index in [1.54, 1.807) is 26.2 Å². The summed E-state index contributed by atoms with van der Waals surface area (Å²) in [6, 6.07) is 6.86. The number of methoxy groups -OCH3 is 1. The van der Waals surface area contributed by atoms with Gasteiger partial charge in [-0.05, 0) is 19.1 Å². The van der Waals surface area contributed by atoms with Crippen LogP contribution in [-0.2, 0) is 0 Å². The molecule has 0 unspecified atom stereocenters. The Kier molecular flexibility index (Phi) is 3.74. The van der Waals surface area contributed by atoms with Crippen molar-refractivity contribution >= 4 is 11.7 Å². The smallest absolute Gasteiger partial charge is 0.323 e. The number of para-hydroxylation sites is 2. The molecule has 0 aliphatic carbocycles. The Hall–Kier alpha value is -1.97. The normalized spacial score (nSPS) is 9.20. The summed E-state index contributed by atoms with van der Waals surface area (Å²) in [5.41, 5.74) is 1.21. The van der Waals surface area contributed by atoms with Crippen LogP contribution in [0.15, 0.2) is 36.5 Å². The second kappa shape index (κ2) is 5.05. The summed E-state index contributed by atoms with van der Waals surface area (Å²) in [6.45, 7) is 5.29. The van der Waals surface area contributed by atoms with Crippen LogP contribution in [-0.4, -0.2) is 13.1 Å². The molecule has 2 N–H and O–H groups in total. The molecule has 15 heavy (non-hydrogen) atoms. The summed E-state index contributed by atoms with van der Waals surface area (Å²) in [5, 5.41) is 5.20.